The van der Waals surface area contributed by atoms with Gasteiger partial charge in [0.05, 0.1) is 6.61 Å². The van der Waals surface area contributed by atoms with E-state index in [1.165, 1.54) is 6.42 Å². The molecular weight excluding hydrogens is 366 g/mol. The summed E-state index contributed by atoms with van der Waals surface area (Å²) in [4.78, 5) is 15.3. The number of rotatable bonds is 5. The molecule has 1 aliphatic heterocycles. The largest absolute Gasteiger partial charge is 0.508 e. The lowest BCUT2D eigenvalue weighted by molar-refractivity contribution is 0.0528. The molecule has 152 valence electrons. The summed E-state index contributed by atoms with van der Waals surface area (Å²) in [5, 5.41) is 11.4. The SMILES string of the molecule is CCOC(=O)c1c(-c2ccccc2)oc2ccc(O)c(CN3CCCC(C)C3)c12. The molecule has 2 aromatic carbocycles. The Bertz CT molecular complexity index is 1010. The maximum atomic E-state index is 12.9. The molecule has 29 heavy (non-hydrogen) atoms. The van der Waals surface area contributed by atoms with Gasteiger partial charge in [0.2, 0.25) is 0 Å². The maximum absolute atomic E-state index is 12.9. The van der Waals surface area contributed by atoms with Crippen LogP contribution < -0.4 is 0 Å². The van der Waals surface area contributed by atoms with Gasteiger partial charge in [-0.2, -0.15) is 0 Å². The second-order valence-corrected chi connectivity index (χ2v) is 7.81. The highest BCUT2D eigenvalue weighted by Crippen LogP contribution is 2.39. The number of hydrogen-bond acceptors (Lipinski definition) is 5. The number of likely N-dealkylation sites (tertiary alicyclic amines) is 1. The Morgan fingerprint density at radius 2 is 2.03 bits per heavy atom. The molecule has 0 aliphatic carbocycles. The number of ether oxygens (including phenoxy) is 1. The van der Waals surface area contributed by atoms with Crippen molar-refractivity contribution in [3.63, 3.8) is 0 Å². The lowest BCUT2D eigenvalue weighted by Gasteiger charge is -2.31. The van der Waals surface area contributed by atoms with Crippen molar-refractivity contribution in [3.05, 3.63) is 53.6 Å². The van der Waals surface area contributed by atoms with E-state index in [0.717, 1.165) is 30.6 Å². The average Bonchev–Trinajstić information content (AvgIpc) is 3.11. The summed E-state index contributed by atoms with van der Waals surface area (Å²) in [6, 6.07) is 12.9. The van der Waals surface area contributed by atoms with Crippen LogP contribution in [0.1, 0.15) is 42.6 Å². The zero-order chi connectivity index (χ0) is 20.4. The number of carbonyl (C=O) groups excluding carboxylic acids is 1. The third-order valence-corrected chi connectivity index (χ3v) is 5.58. The minimum Gasteiger partial charge on any atom is -0.508 e. The van der Waals surface area contributed by atoms with Gasteiger partial charge in [-0.25, -0.2) is 4.79 Å². The molecule has 1 atom stereocenters. The van der Waals surface area contributed by atoms with Crippen molar-refractivity contribution in [1.82, 2.24) is 4.90 Å². The quantitative estimate of drug-likeness (QED) is 0.603. The Labute approximate surface area is 170 Å². The summed E-state index contributed by atoms with van der Waals surface area (Å²) in [6.45, 7) is 6.86. The summed E-state index contributed by atoms with van der Waals surface area (Å²) in [5.74, 6) is 0.863. The summed E-state index contributed by atoms with van der Waals surface area (Å²) >= 11 is 0. The van der Waals surface area contributed by atoms with Gasteiger partial charge in [-0.3, -0.25) is 4.90 Å². The summed E-state index contributed by atoms with van der Waals surface area (Å²) in [6.07, 6.45) is 2.37. The molecule has 1 unspecified atom stereocenters. The van der Waals surface area contributed by atoms with Crippen LogP contribution in [-0.4, -0.2) is 35.7 Å². The predicted octanol–water partition coefficient (Wildman–Crippen LogP) is 5.21. The number of nitrogens with zero attached hydrogens (tertiary/aromatic N) is 1. The molecular formula is C24H27NO4. The van der Waals surface area contributed by atoms with Crippen molar-refractivity contribution in [1.29, 1.82) is 0 Å². The zero-order valence-electron chi connectivity index (χ0n) is 17.0. The Kier molecular flexibility index (Phi) is 5.58. The van der Waals surface area contributed by atoms with Gasteiger partial charge in [0.1, 0.15) is 22.7 Å². The average molecular weight is 393 g/mol. The van der Waals surface area contributed by atoms with E-state index in [-0.39, 0.29) is 12.4 Å². The van der Waals surface area contributed by atoms with Crippen LogP contribution in [0.5, 0.6) is 5.75 Å². The van der Waals surface area contributed by atoms with Crippen LogP contribution in [0.3, 0.4) is 0 Å². The van der Waals surface area contributed by atoms with Gasteiger partial charge in [0, 0.05) is 29.6 Å². The summed E-state index contributed by atoms with van der Waals surface area (Å²) < 4.78 is 11.5. The number of hydrogen-bond donors (Lipinski definition) is 1. The van der Waals surface area contributed by atoms with E-state index in [0.29, 0.717) is 34.8 Å². The molecule has 0 radical (unpaired) electrons. The van der Waals surface area contributed by atoms with Crippen LogP contribution in [0.15, 0.2) is 46.9 Å². The van der Waals surface area contributed by atoms with Crippen LogP contribution in [-0.2, 0) is 11.3 Å². The van der Waals surface area contributed by atoms with Gasteiger partial charge < -0.3 is 14.3 Å². The maximum Gasteiger partial charge on any atom is 0.342 e. The Balaban J connectivity index is 1.88. The summed E-state index contributed by atoms with van der Waals surface area (Å²) in [5.41, 5.74) is 2.52. The number of piperidine rings is 1. The normalized spacial score (nSPS) is 17.5. The molecule has 1 aromatic heterocycles. The topological polar surface area (TPSA) is 62.9 Å². The monoisotopic (exact) mass is 393 g/mol. The molecule has 5 heteroatoms. The standard InChI is InChI=1S/C24H27NO4/c1-3-28-24(27)22-21-18(15-25-13-7-8-16(2)14-25)19(26)11-12-20(21)29-23(22)17-9-5-4-6-10-17/h4-6,9-12,16,26H,3,7-8,13-15H2,1-2H3. The molecule has 0 spiro atoms. The highest BCUT2D eigenvalue weighted by atomic mass is 16.5. The highest BCUT2D eigenvalue weighted by molar-refractivity contribution is 6.10. The third-order valence-electron chi connectivity index (χ3n) is 5.58. The van der Waals surface area contributed by atoms with Gasteiger partial charge in [0.15, 0.2) is 0 Å². The fourth-order valence-electron chi connectivity index (χ4n) is 4.25. The van der Waals surface area contributed by atoms with Gasteiger partial charge in [0.25, 0.3) is 0 Å². The fraction of sp³-hybridized carbons (Fsp3) is 0.375. The molecule has 0 amide bonds. The van der Waals surface area contributed by atoms with Crippen molar-refractivity contribution in [2.24, 2.45) is 5.92 Å². The number of carbonyl (C=O) groups is 1. The summed E-state index contributed by atoms with van der Waals surface area (Å²) in [7, 11) is 0. The zero-order valence-corrected chi connectivity index (χ0v) is 17.0. The first kappa shape index (κ1) is 19.5. The second kappa shape index (κ2) is 8.29. The van der Waals surface area contributed by atoms with Gasteiger partial charge >= 0.3 is 5.97 Å². The van der Waals surface area contributed by atoms with Crippen molar-refractivity contribution in [2.75, 3.05) is 19.7 Å². The predicted molar refractivity (Wildman–Crippen MR) is 113 cm³/mol. The minimum atomic E-state index is -0.427. The van der Waals surface area contributed by atoms with E-state index < -0.39 is 5.97 Å². The number of benzene rings is 2. The van der Waals surface area contributed by atoms with Crippen molar-refractivity contribution in [3.8, 4) is 17.1 Å². The molecule has 0 saturated carbocycles. The van der Waals surface area contributed by atoms with E-state index in [1.807, 2.05) is 30.3 Å². The Hall–Kier alpha value is -2.79. The minimum absolute atomic E-state index is 0.182. The van der Waals surface area contributed by atoms with E-state index >= 15 is 0 Å². The van der Waals surface area contributed by atoms with Crippen LogP contribution in [0.2, 0.25) is 0 Å². The van der Waals surface area contributed by atoms with E-state index in [9.17, 15) is 9.90 Å². The first-order valence-corrected chi connectivity index (χ1v) is 10.3. The fourth-order valence-corrected chi connectivity index (χ4v) is 4.25. The van der Waals surface area contributed by atoms with Crippen LogP contribution in [0.4, 0.5) is 0 Å². The number of phenolic OH excluding ortho intramolecular Hbond substituents is 1. The molecule has 5 nitrogen and oxygen atoms in total. The smallest absolute Gasteiger partial charge is 0.342 e. The van der Waals surface area contributed by atoms with Crippen molar-refractivity contribution in [2.45, 2.75) is 33.2 Å². The van der Waals surface area contributed by atoms with Crippen LogP contribution in [0.25, 0.3) is 22.3 Å². The van der Waals surface area contributed by atoms with Crippen molar-refractivity contribution >= 4 is 16.9 Å². The number of fused-ring (bicyclic) bond motifs is 1. The van der Waals surface area contributed by atoms with Gasteiger partial charge in [-0.1, -0.05) is 37.3 Å². The van der Waals surface area contributed by atoms with Crippen LogP contribution >= 0.6 is 0 Å². The first-order chi connectivity index (χ1) is 14.1. The first-order valence-electron chi connectivity index (χ1n) is 10.3. The van der Waals surface area contributed by atoms with E-state index in [4.69, 9.17) is 9.15 Å². The van der Waals surface area contributed by atoms with Crippen molar-refractivity contribution < 1.29 is 19.1 Å². The number of aromatic hydroxyl groups is 1. The highest BCUT2D eigenvalue weighted by Gasteiger charge is 2.28. The molecule has 1 N–H and O–H groups in total. The van der Waals surface area contributed by atoms with Gasteiger partial charge in [-0.05, 0) is 44.4 Å². The molecule has 3 aromatic rings. The molecule has 2 heterocycles. The van der Waals surface area contributed by atoms with E-state index in [2.05, 4.69) is 11.8 Å². The molecule has 1 aliphatic rings. The van der Waals surface area contributed by atoms with Crippen LogP contribution in [0, 0.1) is 5.92 Å². The molecule has 1 saturated heterocycles. The lowest BCUT2D eigenvalue weighted by Crippen LogP contribution is -2.33. The number of phenols is 1. The molecule has 1 fully saturated rings. The van der Waals surface area contributed by atoms with Gasteiger partial charge in [-0.15, -0.1) is 0 Å². The Morgan fingerprint density at radius 1 is 1.24 bits per heavy atom. The molecule has 4 rings (SSSR count). The van der Waals surface area contributed by atoms with E-state index in [1.54, 1.807) is 19.1 Å². The third kappa shape index (κ3) is 3.87. The number of furan rings is 1. The Morgan fingerprint density at radius 3 is 2.76 bits per heavy atom. The number of esters is 1. The second-order valence-electron chi connectivity index (χ2n) is 7.81. The molecule has 0 bridgehead atoms. The lowest BCUT2D eigenvalue weighted by atomic mass is 9.97.